The number of nitrogens with zero attached hydrogens (tertiary/aromatic N) is 3. The predicted octanol–water partition coefficient (Wildman–Crippen LogP) is -1.70. The van der Waals surface area contributed by atoms with E-state index >= 15 is 0 Å². The number of phosphoric ester groups is 1. The number of halogens is 1. The molecule has 2 rings (SSSR count). The van der Waals surface area contributed by atoms with E-state index in [0.717, 1.165) is 20.0 Å². The largest absolute Gasteiger partial charge is 0.490 e. The average Bonchev–Trinajstić information content (AvgIpc) is 2.83. The van der Waals surface area contributed by atoms with E-state index in [1.54, 1.807) is 0 Å². The topological polar surface area (TPSA) is 283 Å². The molecule has 0 bridgehead atoms. The molecular weight excluding hydrogens is 524 g/mol. The number of hydrogen-bond donors (Lipinski definition) is 7. The molecule has 0 aromatic carbocycles. The molecule has 0 spiro atoms. The van der Waals surface area contributed by atoms with Gasteiger partial charge < -0.3 is 40.3 Å². The Morgan fingerprint density at radius 3 is 2.30 bits per heavy atom. The number of hydrogen-bond acceptors (Lipinski definition) is 13. The smallest absolute Gasteiger partial charge is 0.387 e. The fourth-order valence-corrected chi connectivity index (χ4v) is 6.20. The third-order valence-electron chi connectivity index (χ3n) is 4.13. The lowest BCUT2D eigenvalue weighted by Crippen LogP contribution is -2.54. The summed E-state index contributed by atoms with van der Waals surface area (Å²) in [6.07, 6.45) is -5.40. The maximum absolute atomic E-state index is 13.8. The lowest BCUT2D eigenvalue weighted by molar-refractivity contribution is -0.134. The Bertz CT molecular complexity index is 1090. The fourth-order valence-electron chi connectivity index (χ4n) is 2.87. The summed E-state index contributed by atoms with van der Waals surface area (Å²) in [6, 6.07) is 0. The molecule has 0 amide bonds. The number of ether oxygens (including phenoxy) is 1. The monoisotopic (exact) mass is 544 g/mol. The summed E-state index contributed by atoms with van der Waals surface area (Å²) in [5.41, 5.74) is -1.05. The number of aromatic nitrogens is 3. The van der Waals surface area contributed by atoms with Crippen LogP contribution in [0.1, 0.15) is 20.1 Å². The first-order chi connectivity index (χ1) is 14.7. The maximum atomic E-state index is 13.8. The minimum atomic E-state index is -5.86. The molecule has 3 unspecified atom stereocenters. The molecule has 0 aliphatic carbocycles. The van der Waals surface area contributed by atoms with Gasteiger partial charge in [-0.3, -0.25) is 4.52 Å². The van der Waals surface area contributed by atoms with E-state index in [1.807, 2.05) is 0 Å². The van der Waals surface area contributed by atoms with E-state index < -0.39 is 65.5 Å². The summed E-state index contributed by atoms with van der Waals surface area (Å²) in [7, 11) is -17.2. The average molecular weight is 544 g/mol. The van der Waals surface area contributed by atoms with Crippen molar-refractivity contribution < 1.29 is 65.8 Å². The van der Waals surface area contributed by atoms with Crippen molar-refractivity contribution >= 4 is 29.3 Å². The van der Waals surface area contributed by atoms with Gasteiger partial charge in [-0.1, -0.05) is 0 Å². The molecule has 0 saturated carbocycles. The van der Waals surface area contributed by atoms with Gasteiger partial charge in [-0.25, -0.2) is 22.9 Å². The van der Waals surface area contributed by atoms with E-state index in [-0.39, 0.29) is 5.82 Å². The van der Waals surface area contributed by atoms with Crippen molar-refractivity contribution in [1.29, 1.82) is 0 Å². The van der Waals surface area contributed by atoms with Crippen LogP contribution in [0.25, 0.3) is 0 Å². The molecule has 190 valence electrons. The Hall–Kier alpha value is -1.17. The van der Waals surface area contributed by atoms with Crippen molar-refractivity contribution in [2.75, 3.05) is 12.4 Å². The zero-order valence-electron chi connectivity index (χ0n) is 16.6. The fraction of sp³-hybridized carbons (Fsp3) is 0.727. The van der Waals surface area contributed by atoms with Gasteiger partial charge in [0.2, 0.25) is 0 Å². The van der Waals surface area contributed by atoms with Gasteiger partial charge in [-0.2, -0.15) is 23.4 Å². The second kappa shape index (κ2) is 9.13. The van der Waals surface area contributed by atoms with Gasteiger partial charge in [-0.05, 0) is 13.8 Å². The molecule has 1 saturated heterocycles. The number of nitrogen functional groups attached to an aromatic ring is 1. The molecule has 0 radical (unpaired) electrons. The summed E-state index contributed by atoms with van der Waals surface area (Å²) < 4.78 is 65.6. The quantitative estimate of drug-likeness (QED) is 0.171. The third-order valence-corrected chi connectivity index (χ3v) is 8.15. The van der Waals surface area contributed by atoms with Gasteiger partial charge in [0.15, 0.2) is 11.8 Å². The van der Waals surface area contributed by atoms with Crippen LogP contribution in [0.3, 0.4) is 0 Å². The number of aliphatic hydroxyl groups is 2. The third kappa shape index (κ3) is 6.49. The first kappa shape index (κ1) is 28.1. The van der Waals surface area contributed by atoms with Gasteiger partial charge in [-0.15, -0.1) is 0 Å². The van der Waals surface area contributed by atoms with Crippen LogP contribution >= 0.6 is 23.5 Å². The highest BCUT2D eigenvalue weighted by Crippen LogP contribution is 2.67. The number of rotatable bonds is 9. The number of phosphoric acid groups is 3. The van der Waals surface area contributed by atoms with Crippen LogP contribution in [0.15, 0.2) is 11.0 Å². The zero-order chi connectivity index (χ0) is 25.6. The van der Waals surface area contributed by atoms with Gasteiger partial charge in [0, 0.05) is 0 Å². The van der Waals surface area contributed by atoms with Crippen molar-refractivity contribution in [1.82, 2.24) is 14.8 Å². The van der Waals surface area contributed by atoms with Crippen LogP contribution in [-0.2, 0) is 31.6 Å². The SMILES string of the molecule is CC(C)(OP(=O)(O)OP(=O)(O)OP(=O)(O)O)[C@H]1O[C@@H](n2ncc(N)nc2=O)C(O)(CF)[C@H]1O. The van der Waals surface area contributed by atoms with Gasteiger partial charge in [0.1, 0.15) is 30.3 Å². The van der Waals surface area contributed by atoms with Crippen LogP contribution in [0.4, 0.5) is 10.2 Å². The Kier molecular flexibility index (Phi) is 7.76. The summed E-state index contributed by atoms with van der Waals surface area (Å²) in [4.78, 5) is 51.4. The second-order valence-electron chi connectivity index (χ2n) is 7.17. The Balaban J connectivity index is 2.34. The number of aliphatic hydroxyl groups excluding tert-OH is 1. The lowest BCUT2D eigenvalue weighted by Gasteiger charge is -2.34. The molecule has 1 fully saturated rings. The number of nitrogens with two attached hydrogens (primary N) is 1. The molecule has 22 heteroatoms. The van der Waals surface area contributed by atoms with Crippen LogP contribution in [0.5, 0.6) is 0 Å². The Labute approximate surface area is 183 Å². The van der Waals surface area contributed by atoms with Crippen LogP contribution in [0, 0.1) is 0 Å². The first-order valence-electron chi connectivity index (χ1n) is 8.41. The standard InChI is InChI=1S/C11H20FN4O14P3/c1-10(2,28-32(23,24)30-33(25,26)29-31(20,21)22)7-6(17)11(19,4-12)8(27-7)16-9(18)15-5(13)3-14-16/h3,6-8,17,19H,4H2,1-2H3,(H,23,24)(H,25,26)(H2,13,15,18)(H2,20,21,22)/t6-,7-,8+,11?/m0/s1. The van der Waals surface area contributed by atoms with Crippen molar-refractivity contribution in [3.05, 3.63) is 16.7 Å². The normalized spacial score (nSPS) is 30.0. The van der Waals surface area contributed by atoms with Crippen LogP contribution in [0.2, 0.25) is 0 Å². The Morgan fingerprint density at radius 2 is 1.82 bits per heavy atom. The summed E-state index contributed by atoms with van der Waals surface area (Å²) in [6.45, 7) is 0.134. The second-order valence-corrected chi connectivity index (χ2v) is 11.5. The number of anilines is 1. The van der Waals surface area contributed by atoms with Gasteiger partial charge >= 0.3 is 29.2 Å². The molecule has 6 atom stereocenters. The first-order valence-corrected chi connectivity index (χ1v) is 12.9. The highest BCUT2D eigenvalue weighted by molar-refractivity contribution is 7.66. The molecule has 1 aromatic heterocycles. The van der Waals surface area contributed by atoms with Crippen molar-refractivity contribution in [3.63, 3.8) is 0 Å². The van der Waals surface area contributed by atoms with E-state index in [9.17, 15) is 42.9 Å². The van der Waals surface area contributed by atoms with Gasteiger partial charge in [0.05, 0.1) is 6.20 Å². The van der Waals surface area contributed by atoms with E-state index in [1.165, 1.54) is 0 Å². The van der Waals surface area contributed by atoms with Crippen LogP contribution < -0.4 is 11.4 Å². The van der Waals surface area contributed by atoms with Gasteiger partial charge in [0.25, 0.3) is 0 Å². The lowest BCUT2D eigenvalue weighted by atomic mass is 9.88. The zero-order valence-corrected chi connectivity index (χ0v) is 19.3. The molecule has 1 aliphatic rings. The Morgan fingerprint density at radius 1 is 1.24 bits per heavy atom. The van der Waals surface area contributed by atoms with E-state index in [4.69, 9.17) is 20.3 Å². The molecule has 8 N–H and O–H groups in total. The molecule has 2 heterocycles. The maximum Gasteiger partial charge on any atom is 0.490 e. The van der Waals surface area contributed by atoms with Crippen molar-refractivity contribution in [3.8, 4) is 0 Å². The molecular formula is C11H20FN4O14P3. The van der Waals surface area contributed by atoms with Crippen molar-refractivity contribution in [2.45, 2.75) is 43.5 Å². The minimum Gasteiger partial charge on any atom is -0.387 e. The number of alkyl halides is 1. The highest BCUT2D eigenvalue weighted by Gasteiger charge is 2.62. The molecule has 18 nitrogen and oxygen atoms in total. The summed E-state index contributed by atoms with van der Waals surface area (Å²) >= 11 is 0. The van der Waals surface area contributed by atoms with E-state index in [0.29, 0.717) is 4.68 Å². The summed E-state index contributed by atoms with van der Waals surface area (Å²) in [5.74, 6) is -0.330. The molecule has 1 aromatic rings. The highest BCUT2D eigenvalue weighted by atomic mass is 31.3. The minimum absolute atomic E-state index is 0.330. The van der Waals surface area contributed by atoms with E-state index in [2.05, 4.69) is 23.2 Å². The molecule has 1 aliphatic heterocycles. The predicted molar refractivity (Wildman–Crippen MR) is 101 cm³/mol. The molecule has 33 heavy (non-hydrogen) atoms. The van der Waals surface area contributed by atoms with Crippen molar-refractivity contribution in [2.24, 2.45) is 0 Å². The summed E-state index contributed by atoms with van der Waals surface area (Å²) in [5, 5.41) is 24.6. The van der Waals surface area contributed by atoms with Crippen LogP contribution in [-0.4, -0.2) is 74.6 Å².